The van der Waals surface area contributed by atoms with Gasteiger partial charge in [0.2, 0.25) is 0 Å². The van der Waals surface area contributed by atoms with E-state index in [1.54, 1.807) is 11.1 Å². The summed E-state index contributed by atoms with van der Waals surface area (Å²) in [4.78, 5) is 0. The Balaban J connectivity index is 1.69. The van der Waals surface area contributed by atoms with Crippen molar-refractivity contribution in [2.75, 3.05) is 0 Å². The summed E-state index contributed by atoms with van der Waals surface area (Å²) < 4.78 is 0. The lowest BCUT2D eigenvalue weighted by Gasteiger charge is -2.17. The van der Waals surface area contributed by atoms with Crippen LogP contribution in [0.5, 0.6) is 0 Å². The maximum absolute atomic E-state index is 2.37. The SMILES string of the molecule is CC(CC1=CC=CC1)c1cccc2c1Cc1ccccc1-2. The molecule has 0 nitrogen and oxygen atoms in total. The van der Waals surface area contributed by atoms with Crippen molar-refractivity contribution in [3.05, 3.63) is 83.0 Å². The molecule has 0 aromatic heterocycles. The first-order chi connectivity index (χ1) is 10.3. The van der Waals surface area contributed by atoms with Gasteiger partial charge in [0.1, 0.15) is 0 Å². The minimum atomic E-state index is 0.598. The summed E-state index contributed by atoms with van der Waals surface area (Å²) in [6, 6.07) is 15.7. The lowest BCUT2D eigenvalue weighted by atomic mass is 9.88. The van der Waals surface area contributed by atoms with Gasteiger partial charge in [-0.3, -0.25) is 0 Å². The summed E-state index contributed by atoms with van der Waals surface area (Å²) in [5, 5.41) is 0. The molecule has 0 aliphatic heterocycles. The fourth-order valence-corrected chi connectivity index (χ4v) is 3.79. The van der Waals surface area contributed by atoms with Gasteiger partial charge in [0.25, 0.3) is 0 Å². The topological polar surface area (TPSA) is 0 Å². The molecule has 0 radical (unpaired) electrons. The predicted molar refractivity (Wildman–Crippen MR) is 89.6 cm³/mol. The van der Waals surface area contributed by atoms with E-state index in [1.165, 1.54) is 28.7 Å². The van der Waals surface area contributed by atoms with Crippen molar-refractivity contribution in [3.63, 3.8) is 0 Å². The van der Waals surface area contributed by atoms with Gasteiger partial charge in [0, 0.05) is 0 Å². The molecule has 0 saturated heterocycles. The molecular formula is C21H20. The Morgan fingerprint density at radius 2 is 1.86 bits per heavy atom. The van der Waals surface area contributed by atoms with Crippen LogP contribution in [0.3, 0.4) is 0 Å². The smallest absolute Gasteiger partial charge is 0.00106 e. The predicted octanol–water partition coefficient (Wildman–Crippen LogP) is 5.64. The minimum absolute atomic E-state index is 0.598. The number of hydrogen-bond donors (Lipinski definition) is 0. The molecule has 0 heterocycles. The van der Waals surface area contributed by atoms with Gasteiger partial charge in [-0.05, 0) is 53.0 Å². The van der Waals surface area contributed by atoms with Crippen molar-refractivity contribution in [1.82, 2.24) is 0 Å². The Hall–Kier alpha value is -2.08. The van der Waals surface area contributed by atoms with E-state index in [-0.39, 0.29) is 0 Å². The molecule has 4 rings (SSSR count). The molecule has 0 fully saturated rings. The van der Waals surface area contributed by atoms with E-state index in [9.17, 15) is 0 Å². The Kier molecular flexibility index (Phi) is 3.03. The normalized spacial score (nSPS) is 16.5. The summed E-state index contributed by atoms with van der Waals surface area (Å²) in [6.07, 6.45) is 10.2. The number of fused-ring (bicyclic) bond motifs is 3. The van der Waals surface area contributed by atoms with Gasteiger partial charge in [0.15, 0.2) is 0 Å². The maximum Gasteiger partial charge on any atom is -0.00106 e. The first-order valence-corrected chi connectivity index (χ1v) is 7.87. The Bertz CT molecular complexity index is 746. The fourth-order valence-electron chi connectivity index (χ4n) is 3.79. The molecule has 0 heteroatoms. The van der Waals surface area contributed by atoms with E-state index in [0.717, 1.165) is 12.8 Å². The van der Waals surface area contributed by atoms with Crippen molar-refractivity contribution in [1.29, 1.82) is 0 Å². The van der Waals surface area contributed by atoms with Crippen molar-refractivity contribution in [2.45, 2.75) is 32.1 Å². The van der Waals surface area contributed by atoms with Crippen LogP contribution in [0.15, 0.2) is 66.3 Å². The second-order valence-electron chi connectivity index (χ2n) is 6.27. The Morgan fingerprint density at radius 3 is 2.71 bits per heavy atom. The molecule has 2 aromatic rings. The van der Waals surface area contributed by atoms with Gasteiger partial charge in [-0.25, -0.2) is 0 Å². The summed E-state index contributed by atoms with van der Waals surface area (Å²) in [6.45, 7) is 2.37. The highest BCUT2D eigenvalue weighted by Crippen LogP contribution is 2.41. The van der Waals surface area contributed by atoms with Crippen molar-refractivity contribution in [3.8, 4) is 11.1 Å². The van der Waals surface area contributed by atoms with Gasteiger partial charge in [-0.2, -0.15) is 0 Å². The van der Waals surface area contributed by atoms with Crippen LogP contribution in [0, 0.1) is 0 Å². The first-order valence-electron chi connectivity index (χ1n) is 7.87. The lowest BCUT2D eigenvalue weighted by molar-refractivity contribution is 0.736. The fraction of sp³-hybridized carbons (Fsp3) is 0.238. The van der Waals surface area contributed by atoms with Crippen LogP contribution in [-0.4, -0.2) is 0 Å². The molecule has 2 aliphatic rings. The van der Waals surface area contributed by atoms with Crippen LogP contribution in [-0.2, 0) is 6.42 Å². The van der Waals surface area contributed by atoms with Crippen LogP contribution < -0.4 is 0 Å². The van der Waals surface area contributed by atoms with Crippen LogP contribution >= 0.6 is 0 Å². The molecule has 0 bridgehead atoms. The third kappa shape index (κ3) is 2.15. The summed E-state index contributed by atoms with van der Waals surface area (Å²) in [5.41, 5.74) is 9.02. The lowest BCUT2D eigenvalue weighted by Crippen LogP contribution is -2.00. The average molecular weight is 272 g/mol. The number of benzene rings is 2. The first kappa shape index (κ1) is 12.6. The number of hydrogen-bond acceptors (Lipinski definition) is 0. The zero-order valence-corrected chi connectivity index (χ0v) is 12.5. The molecule has 1 unspecified atom stereocenters. The van der Waals surface area contributed by atoms with Crippen LogP contribution in [0.2, 0.25) is 0 Å². The van der Waals surface area contributed by atoms with E-state index in [1.807, 2.05) is 0 Å². The van der Waals surface area contributed by atoms with E-state index in [4.69, 9.17) is 0 Å². The summed E-state index contributed by atoms with van der Waals surface area (Å²) >= 11 is 0. The average Bonchev–Trinajstić information content (AvgIpc) is 3.13. The summed E-state index contributed by atoms with van der Waals surface area (Å²) in [7, 11) is 0. The maximum atomic E-state index is 2.37. The molecule has 104 valence electrons. The zero-order valence-electron chi connectivity index (χ0n) is 12.5. The van der Waals surface area contributed by atoms with Crippen LogP contribution in [0.25, 0.3) is 11.1 Å². The molecule has 0 saturated carbocycles. The van der Waals surface area contributed by atoms with Gasteiger partial charge in [-0.15, -0.1) is 0 Å². The standard InChI is InChI=1S/C21H20/c1-15(13-16-7-2-3-8-16)18-11-6-12-20-19-10-5-4-9-17(19)14-21(18)20/h2-7,9-12,15H,8,13-14H2,1H3. The zero-order chi connectivity index (χ0) is 14.2. The Morgan fingerprint density at radius 1 is 1.00 bits per heavy atom. The van der Waals surface area contributed by atoms with Gasteiger partial charge < -0.3 is 0 Å². The molecule has 0 N–H and O–H groups in total. The molecule has 1 atom stereocenters. The van der Waals surface area contributed by atoms with Gasteiger partial charge in [0.05, 0.1) is 0 Å². The number of allylic oxidation sites excluding steroid dienone is 4. The van der Waals surface area contributed by atoms with E-state index in [0.29, 0.717) is 5.92 Å². The third-order valence-corrected chi connectivity index (χ3v) is 4.83. The van der Waals surface area contributed by atoms with Crippen molar-refractivity contribution >= 4 is 0 Å². The molecule has 2 aliphatic carbocycles. The van der Waals surface area contributed by atoms with E-state index in [2.05, 4.69) is 67.6 Å². The highest BCUT2D eigenvalue weighted by molar-refractivity contribution is 5.78. The molecule has 2 aromatic carbocycles. The van der Waals surface area contributed by atoms with Crippen molar-refractivity contribution in [2.24, 2.45) is 0 Å². The van der Waals surface area contributed by atoms with E-state index >= 15 is 0 Å². The molecule has 21 heavy (non-hydrogen) atoms. The second kappa shape index (κ2) is 5.04. The van der Waals surface area contributed by atoms with E-state index < -0.39 is 0 Å². The van der Waals surface area contributed by atoms with Gasteiger partial charge >= 0.3 is 0 Å². The quantitative estimate of drug-likeness (QED) is 0.579. The molecular weight excluding hydrogens is 252 g/mol. The van der Waals surface area contributed by atoms with Gasteiger partial charge in [-0.1, -0.05) is 73.2 Å². The number of rotatable bonds is 3. The van der Waals surface area contributed by atoms with Crippen molar-refractivity contribution < 1.29 is 0 Å². The molecule has 0 amide bonds. The van der Waals surface area contributed by atoms with Crippen LogP contribution in [0.4, 0.5) is 0 Å². The highest BCUT2D eigenvalue weighted by Gasteiger charge is 2.22. The monoisotopic (exact) mass is 272 g/mol. The Labute approximate surface area is 126 Å². The second-order valence-corrected chi connectivity index (χ2v) is 6.27. The van der Waals surface area contributed by atoms with Crippen LogP contribution in [0.1, 0.15) is 42.4 Å². The third-order valence-electron chi connectivity index (χ3n) is 4.83. The molecule has 0 spiro atoms. The minimum Gasteiger partial charge on any atom is -0.0805 e. The highest BCUT2D eigenvalue weighted by atomic mass is 14.3. The summed E-state index contributed by atoms with van der Waals surface area (Å²) in [5.74, 6) is 0.598. The largest absolute Gasteiger partial charge is 0.0805 e.